The molecule has 0 N–H and O–H groups in total. The van der Waals surface area contributed by atoms with Crippen molar-refractivity contribution < 1.29 is 9.13 Å². The highest BCUT2D eigenvalue weighted by Gasteiger charge is 2.21. The van der Waals surface area contributed by atoms with Crippen LogP contribution in [0.15, 0.2) is 54.6 Å². The highest BCUT2D eigenvalue weighted by Crippen LogP contribution is 2.37. The van der Waals surface area contributed by atoms with Crippen LogP contribution in [0.3, 0.4) is 0 Å². The van der Waals surface area contributed by atoms with E-state index in [2.05, 4.69) is 25.1 Å². The summed E-state index contributed by atoms with van der Waals surface area (Å²) in [6.07, 6.45) is 9.18. The lowest BCUT2D eigenvalue weighted by molar-refractivity contribution is 0.185. The van der Waals surface area contributed by atoms with Crippen molar-refractivity contribution in [2.24, 2.45) is 5.92 Å². The fourth-order valence-electron chi connectivity index (χ4n) is 3.88. The molecule has 1 aliphatic carbocycles. The van der Waals surface area contributed by atoms with Gasteiger partial charge < -0.3 is 4.74 Å². The van der Waals surface area contributed by atoms with Gasteiger partial charge in [-0.15, -0.1) is 0 Å². The Morgan fingerprint density at radius 3 is 2.36 bits per heavy atom. The van der Waals surface area contributed by atoms with E-state index in [1.807, 2.05) is 30.3 Å². The first-order chi connectivity index (χ1) is 12.2. The average Bonchev–Trinajstić information content (AvgIpc) is 2.64. The molecule has 25 heavy (non-hydrogen) atoms. The maximum Gasteiger partial charge on any atom is 0.131 e. The second-order valence-electron chi connectivity index (χ2n) is 7.01. The highest BCUT2D eigenvalue weighted by atomic mass is 19.1. The third-order valence-electron chi connectivity index (χ3n) is 5.28. The van der Waals surface area contributed by atoms with Crippen LogP contribution >= 0.6 is 0 Å². The minimum absolute atomic E-state index is 0.118. The third kappa shape index (κ3) is 4.38. The van der Waals surface area contributed by atoms with Crippen LogP contribution in [-0.4, -0.2) is 7.11 Å². The predicted octanol–water partition coefficient (Wildman–Crippen LogP) is 6.49. The van der Waals surface area contributed by atoms with Gasteiger partial charge in [0.25, 0.3) is 0 Å². The highest BCUT2D eigenvalue weighted by molar-refractivity contribution is 5.65. The van der Waals surface area contributed by atoms with Crippen molar-refractivity contribution in [1.29, 1.82) is 0 Å². The molecule has 0 unspecified atom stereocenters. The molecule has 1 aliphatic rings. The molecule has 132 valence electrons. The third-order valence-corrected chi connectivity index (χ3v) is 5.28. The molecule has 0 aliphatic heterocycles. The number of rotatable bonds is 5. The summed E-state index contributed by atoms with van der Waals surface area (Å²) in [5.41, 5.74) is 3.84. The van der Waals surface area contributed by atoms with Gasteiger partial charge >= 0.3 is 0 Å². The SMILES string of the molecule is C/C=C\[C@H]1CC[C@H](c2ccc(-c3ccc(COC)cc3)c(F)c2)CC1. The number of halogens is 1. The van der Waals surface area contributed by atoms with E-state index in [-0.39, 0.29) is 5.82 Å². The van der Waals surface area contributed by atoms with Crippen molar-refractivity contribution in [3.63, 3.8) is 0 Å². The van der Waals surface area contributed by atoms with Crippen LogP contribution in [0.4, 0.5) is 4.39 Å². The Morgan fingerprint density at radius 1 is 1.04 bits per heavy atom. The molecule has 1 saturated carbocycles. The Balaban J connectivity index is 1.73. The number of benzene rings is 2. The van der Waals surface area contributed by atoms with Crippen LogP contribution in [-0.2, 0) is 11.3 Å². The van der Waals surface area contributed by atoms with Crippen LogP contribution in [0.1, 0.15) is 49.7 Å². The van der Waals surface area contributed by atoms with Gasteiger partial charge in [-0.25, -0.2) is 4.39 Å². The summed E-state index contributed by atoms with van der Waals surface area (Å²) in [6, 6.07) is 13.7. The molecule has 0 radical (unpaired) electrons. The van der Waals surface area contributed by atoms with E-state index in [0.29, 0.717) is 24.0 Å². The molecular weight excluding hydrogens is 311 g/mol. The molecule has 2 heteroatoms. The van der Waals surface area contributed by atoms with E-state index in [0.717, 1.165) is 29.5 Å². The minimum Gasteiger partial charge on any atom is -0.380 e. The van der Waals surface area contributed by atoms with Gasteiger partial charge in [0.05, 0.1) is 6.61 Å². The molecule has 0 aromatic heterocycles. The predicted molar refractivity (Wildman–Crippen MR) is 102 cm³/mol. The molecule has 0 bridgehead atoms. The lowest BCUT2D eigenvalue weighted by Crippen LogP contribution is -2.12. The second-order valence-corrected chi connectivity index (χ2v) is 7.01. The molecule has 0 saturated heterocycles. The van der Waals surface area contributed by atoms with Gasteiger partial charge in [-0.2, -0.15) is 0 Å². The summed E-state index contributed by atoms with van der Waals surface area (Å²) in [5.74, 6) is 1.08. The number of hydrogen-bond donors (Lipinski definition) is 0. The Kier molecular flexibility index (Phi) is 6.04. The average molecular weight is 338 g/mol. The molecule has 2 aromatic rings. The van der Waals surface area contributed by atoms with Crippen LogP contribution in [0.2, 0.25) is 0 Å². The normalized spacial score (nSPS) is 20.9. The zero-order valence-electron chi connectivity index (χ0n) is 15.2. The monoisotopic (exact) mass is 338 g/mol. The summed E-state index contributed by atoms with van der Waals surface area (Å²) in [5, 5.41) is 0. The minimum atomic E-state index is -0.118. The van der Waals surface area contributed by atoms with Gasteiger partial charge in [-0.05, 0) is 67.2 Å². The molecule has 3 rings (SSSR count). The lowest BCUT2D eigenvalue weighted by atomic mass is 9.78. The van der Waals surface area contributed by atoms with Crippen molar-refractivity contribution in [3.8, 4) is 11.1 Å². The van der Waals surface area contributed by atoms with Crippen LogP contribution < -0.4 is 0 Å². The first-order valence-electron chi connectivity index (χ1n) is 9.21. The number of methoxy groups -OCH3 is 1. The standard InChI is InChI=1S/C23H27FO/c1-3-4-17-5-9-19(10-6-17)21-13-14-22(23(24)15-21)20-11-7-18(8-12-20)16-25-2/h3-4,7-8,11-15,17,19H,5-6,9-10,16H2,1-2H3/b4-3-/t17-,19-. The Labute approximate surface area is 150 Å². The van der Waals surface area contributed by atoms with Gasteiger partial charge in [0, 0.05) is 12.7 Å². The van der Waals surface area contributed by atoms with Gasteiger partial charge in [0.15, 0.2) is 0 Å². The molecular formula is C23H27FO. The fourth-order valence-corrected chi connectivity index (χ4v) is 3.88. The molecule has 1 fully saturated rings. The van der Waals surface area contributed by atoms with Crippen molar-refractivity contribution in [3.05, 3.63) is 71.6 Å². The Morgan fingerprint density at radius 2 is 1.76 bits per heavy atom. The molecule has 0 amide bonds. The Hall–Kier alpha value is -1.93. The number of ether oxygens (including phenoxy) is 1. The topological polar surface area (TPSA) is 9.23 Å². The first kappa shape index (κ1) is 17.9. The van der Waals surface area contributed by atoms with Crippen LogP contribution in [0, 0.1) is 11.7 Å². The van der Waals surface area contributed by atoms with E-state index < -0.39 is 0 Å². The van der Waals surface area contributed by atoms with Crippen molar-refractivity contribution in [1.82, 2.24) is 0 Å². The summed E-state index contributed by atoms with van der Waals surface area (Å²) < 4.78 is 19.8. The van der Waals surface area contributed by atoms with Crippen LogP contribution in [0.25, 0.3) is 11.1 Å². The van der Waals surface area contributed by atoms with Crippen molar-refractivity contribution in [2.75, 3.05) is 7.11 Å². The summed E-state index contributed by atoms with van der Waals surface area (Å²) >= 11 is 0. The van der Waals surface area contributed by atoms with E-state index >= 15 is 0 Å². The van der Waals surface area contributed by atoms with Crippen molar-refractivity contribution >= 4 is 0 Å². The summed E-state index contributed by atoms with van der Waals surface area (Å²) in [6.45, 7) is 2.67. The zero-order chi connectivity index (χ0) is 17.6. The number of allylic oxidation sites excluding steroid dienone is 2. The Bertz CT molecular complexity index is 709. The fraction of sp³-hybridized carbons (Fsp3) is 0.391. The van der Waals surface area contributed by atoms with Gasteiger partial charge in [-0.3, -0.25) is 0 Å². The maximum absolute atomic E-state index is 14.7. The molecule has 1 nitrogen and oxygen atoms in total. The van der Waals surface area contributed by atoms with E-state index in [1.54, 1.807) is 13.2 Å². The lowest BCUT2D eigenvalue weighted by Gasteiger charge is -2.27. The quantitative estimate of drug-likeness (QED) is 0.566. The van der Waals surface area contributed by atoms with Gasteiger partial charge in [0.2, 0.25) is 0 Å². The number of hydrogen-bond acceptors (Lipinski definition) is 1. The first-order valence-corrected chi connectivity index (χ1v) is 9.21. The smallest absolute Gasteiger partial charge is 0.131 e. The van der Waals surface area contributed by atoms with E-state index in [9.17, 15) is 4.39 Å². The largest absolute Gasteiger partial charge is 0.380 e. The van der Waals surface area contributed by atoms with Gasteiger partial charge in [-0.1, -0.05) is 48.6 Å². The summed E-state index contributed by atoms with van der Waals surface area (Å²) in [4.78, 5) is 0. The van der Waals surface area contributed by atoms with E-state index in [1.165, 1.54) is 12.8 Å². The molecule has 0 atom stereocenters. The summed E-state index contributed by atoms with van der Waals surface area (Å²) in [7, 11) is 1.68. The van der Waals surface area contributed by atoms with Crippen LogP contribution in [0.5, 0.6) is 0 Å². The van der Waals surface area contributed by atoms with E-state index in [4.69, 9.17) is 4.74 Å². The molecule has 0 heterocycles. The second kappa shape index (κ2) is 8.44. The zero-order valence-corrected chi connectivity index (χ0v) is 15.2. The molecule has 2 aromatic carbocycles. The van der Waals surface area contributed by atoms with Crippen molar-refractivity contribution in [2.45, 2.75) is 45.1 Å². The maximum atomic E-state index is 14.7. The van der Waals surface area contributed by atoms with Gasteiger partial charge in [0.1, 0.15) is 5.82 Å². The molecule has 0 spiro atoms.